The normalized spacial score (nSPS) is 14.2. The fourth-order valence-corrected chi connectivity index (χ4v) is 5.55. The lowest BCUT2D eigenvalue weighted by molar-refractivity contribution is 0.102. The van der Waals surface area contributed by atoms with E-state index in [1.54, 1.807) is 18.3 Å². The van der Waals surface area contributed by atoms with Crippen molar-refractivity contribution in [1.82, 2.24) is 19.8 Å². The monoisotopic (exact) mass is 572 g/mol. The van der Waals surface area contributed by atoms with Crippen molar-refractivity contribution in [1.29, 1.82) is 0 Å². The van der Waals surface area contributed by atoms with Gasteiger partial charge in [0.2, 0.25) is 6.86 Å². The van der Waals surface area contributed by atoms with Crippen LogP contribution in [0.15, 0.2) is 67.0 Å². The molecule has 1 aliphatic heterocycles. The Labute approximate surface area is 245 Å². The van der Waals surface area contributed by atoms with Crippen LogP contribution < -0.4 is 20.3 Å². The third-order valence-electron chi connectivity index (χ3n) is 8.06. The highest BCUT2D eigenvalue weighted by molar-refractivity contribution is 6.04. The van der Waals surface area contributed by atoms with E-state index in [-0.39, 0.29) is 17.7 Å². The van der Waals surface area contributed by atoms with Crippen molar-refractivity contribution in [2.75, 3.05) is 44.3 Å². The van der Waals surface area contributed by atoms with Gasteiger partial charge in [-0.3, -0.25) is 9.36 Å². The van der Waals surface area contributed by atoms with Gasteiger partial charge in [-0.1, -0.05) is 12.1 Å². The van der Waals surface area contributed by atoms with Crippen LogP contribution in [0.2, 0.25) is 0 Å². The summed E-state index contributed by atoms with van der Waals surface area (Å²) in [7, 11) is 3.40. The molecule has 0 atom stereocenters. The molecule has 1 saturated heterocycles. The second-order valence-electron chi connectivity index (χ2n) is 10.8. The Balaban J connectivity index is 1.29. The van der Waals surface area contributed by atoms with E-state index in [0.717, 1.165) is 37.3 Å². The Morgan fingerprint density at radius 3 is 2.45 bits per heavy atom. The van der Waals surface area contributed by atoms with Crippen molar-refractivity contribution in [2.24, 2.45) is 0 Å². The number of hydrogen-bond acceptors (Lipinski definition) is 6. The molecular weight excluding hydrogens is 535 g/mol. The van der Waals surface area contributed by atoms with Crippen LogP contribution in [0.1, 0.15) is 48.5 Å². The number of benzene rings is 2. The standard InChI is InChI=1S/C32H37FN6O3/c1-21(2)38-15-12-23(13-16-38)22-5-7-24(8-6-22)31(40)36-30-18-26(11-14-35-30)37(4)25-9-10-28-27(17-25)29(42-20-33)19-39(28)32(41)34-3/h5-11,14,17-19,21,23H,12-13,15-16,20H2,1-4H3,(H,34,41)(H,35,36,40). The van der Waals surface area contributed by atoms with Gasteiger partial charge in [0.15, 0.2) is 0 Å². The minimum absolute atomic E-state index is 0.228. The van der Waals surface area contributed by atoms with Crippen LogP contribution in [-0.4, -0.2) is 66.5 Å². The molecule has 1 fully saturated rings. The van der Waals surface area contributed by atoms with Gasteiger partial charge in [0.25, 0.3) is 5.91 Å². The molecule has 4 aromatic rings. The number of halogens is 1. The molecule has 2 aromatic carbocycles. The van der Waals surface area contributed by atoms with Gasteiger partial charge in [0, 0.05) is 54.7 Å². The summed E-state index contributed by atoms with van der Waals surface area (Å²) in [6, 6.07) is 17.2. The van der Waals surface area contributed by atoms with Gasteiger partial charge in [0.1, 0.15) is 11.6 Å². The van der Waals surface area contributed by atoms with E-state index < -0.39 is 6.86 Å². The molecule has 2 N–H and O–H groups in total. The molecule has 42 heavy (non-hydrogen) atoms. The lowest BCUT2D eigenvalue weighted by Gasteiger charge is -2.34. The summed E-state index contributed by atoms with van der Waals surface area (Å²) >= 11 is 0. The first-order valence-electron chi connectivity index (χ1n) is 14.2. The maximum atomic E-state index is 13.1. The second-order valence-corrected chi connectivity index (χ2v) is 10.8. The number of nitrogens with one attached hydrogen (secondary N) is 2. The van der Waals surface area contributed by atoms with Crippen molar-refractivity contribution in [3.05, 3.63) is 78.1 Å². The van der Waals surface area contributed by atoms with Gasteiger partial charge < -0.3 is 25.2 Å². The van der Waals surface area contributed by atoms with Crippen LogP contribution >= 0.6 is 0 Å². The zero-order valence-electron chi connectivity index (χ0n) is 24.4. The van der Waals surface area contributed by atoms with Gasteiger partial charge in [-0.2, -0.15) is 0 Å². The third kappa shape index (κ3) is 6.08. The van der Waals surface area contributed by atoms with E-state index in [0.29, 0.717) is 34.2 Å². The highest BCUT2D eigenvalue weighted by atomic mass is 19.1. The first kappa shape index (κ1) is 29.1. The molecule has 0 aliphatic carbocycles. The lowest BCUT2D eigenvalue weighted by Crippen LogP contribution is -2.37. The van der Waals surface area contributed by atoms with Crippen LogP contribution in [-0.2, 0) is 0 Å². The average molecular weight is 573 g/mol. The number of carbonyl (C=O) groups is 2. The van der Waals surface area contributed by atoms with Gasteiger partial charge in [-0.25, -0.2) is 14.2 Å². The molecule has 0 bridgehead atoms. The summed E-state index contributed by atoms with van der Waals surface area (Å²) in [5.74, 6) is 0.976. The maximum Gasteiger partial charge on any atom is 0.325 e. The molecule has 0 unspecified atom stereocenters. The van der Waals surface area contributed by atoms with Gasteiger partial charge in [-0.05, 0) is 87.7 Å². The van der Waals surface area contributed by atoms with E-state index in [9.17, 15) is 14.0 Å². The number of pyridine rings is 1. The fourth-order valence-electron chi connectivity index (χ4n) is 5.55. The third-order valence-corrected chi connectivity index (χ3v) is 8.06. The SMILES string of the molecule is CNC(=O)n1cc(OCF)c2cc(N(C)c3ccnc(NC(=O)c4ccc(C5CCN(C(C)C)CC5)cc4)c3)ccc21. The molecule has 3 heterocycles. The van der Waals surface area contributed by atoms with Crippen LogP contribution in [0.25, 0.3) is 10.9 Å². The Bertz CT molecular complexity index is 1560. The molecule has 220 valence electrons. The van der Waals surface area contributed by atoms with Gasteiger partial charge >= 0.3 is 6.03 Å². The van der Waals surface area contributed by atoms with E-state index in [1.807, 2.05) is 42.3 Å². The smallest absolute Gasteiger partial charge is 0.325 e. The summed E-state index contributed by atoms with van der Waals surface area (Å²) in [4.78, 5) is 34.1. The van der Waals surface area contributed by atoms with Crippen LogP contribution in [0, 0.1) is 0 Å². The molecule has 5 rings (SSSR count). The minimum Gasteiger partial charge on any atom is -0.461 e. The number of carbonyl (C=O) groups excluding carboxylic acids is 2. The van der Waals surface area contributed by atoms with Crippen molar-refractivity contribution < 1.29 is 18.7 Å². The van der Waals surface area contributed by atoms with E-state index in [1.165, 1.54) is 23.4 Å². The first-order chi connectivity index (χ1) is 20.3. The Hall–Kier alpha value is -4.44. The number of piperidine rings is 1. The number of ether oxygens (including phenoxy) is 1. The molecule has 2 aromatic heterocycles. The number of likely N-dealkylation sites (tertiary alicyclic amines) is 1. The number of alkyl halides is 1. The van der Waals surface area contributed by atoms with Crippen LogP contribution in [0.4, 0.5) is 26.4 Å². The predicted molar refractivity (Wildman–Crippen MR) is 164 cm³/mol. The van der Waals surface area contributed by atoms with Crippen molar-refractivity contribution >= 4 is 40.0 Å². The van der Waals surface area contributed by atoms with Crippen molar-refractivity contribution in [3.63, 3.8) is 0 Å². The number of fused-ring (bicyclic) bond motifs is 1. The fraction of sp³-hybridized carbons (Fsp3) is 0.344. The molecule has 0 saturated carbocycles. The second kappa shape index (κ2) is 12.6. The number of rotatable bonds is 8. The minimum atomic E-state index is -1.01. The highest BCUT2D eigenvalue weighted by Crippen LogP contribution is 2.34. The van der Waals surface area contributed by atoms with Gasteiger partial charge in [0.05, 0.1) is 11.7 Å². The van der Waals surface area contributed by atoms with E-state index in [2.05, 4.69) is 46.5 Å². The van der Waals surface area contributed by atoms with E-state index in [4.69, 9.17) is 4.74 Å². The summed E-state index contributed by atoms with van der Waals surface area (Å²) in [6.07, 6.45) is 5.36. The average Bonchev–Trinajstić information content (AvgIpc) is 3.38. The molecular formula is C32H37FN6O3. The first-order valence-corrected chi connectivity index (χ1v) is 14.2. The number of amides is 2. The largest absolute Gasteiger partial charge is 0.461 e. The number of anilines is 3. The van der Waals surface area contributed by atoms with Gasteiger partial charge in [-0.15, -0.1) is 0 Å². The van der Waals surface area contributed by atoms with Crippen LogP contribution in [0.5, 0.6) is 5.75 Å². The molecule has 2 amide bonds. The molecule has 0 radical (unpaired) electrons. The van der Waals surface area contributed by atoms with Crippen molar-refractivity contribution in [3.8, 4) is 5.75 Å². The number of aromatic nitrogens is 2. The Morgan fingerprint density at radius 2 is 1.79 bits per heavy atom. The van der Waals surface area contributed by atoms with Crippen molar-refractivity contribution in [2.45, 2.75) is 38.6 Å². The van der Waals surface area contributed by atoms with E-state index >= 15 is 0 Å². The lowest BCUT2D eigenvalue weighted by atomic mass is 9.88. The Morgan fingerprint density at radius 1 is 1.07 bits per heavy atom. The number of hydrogen-bond donors (Lipinski definition) is 2. The maximum absolute atomic E-state index is 13.1. The molecule has 9 nitrogen and oxygen atoms in total. The molecule has 10 heteroatoms. The summed E-state index contributed by atoms with van der Waals surface area (Å²) in [6.45, 7) is 5.67. The zero-order chi connectivity index (χ0) is 29.8. The quantitative estimate of drug-likeness (QED) is 0.264. The summed E-state index contributed by atoms with van der Waals surface area (Å²) in [5, 5.41) is 6.07. The molecule has 1 aliphatic rings. The summed E-state index contributed by atoms with van der Waals surface area (Å²) in [5.41, 5.74) is 4.00. The molecule has 0 spiro atoms. The zero-order valence-corrected chi connectivity index (χ0v) is 24.4. The predicted octanol–water partition coefficient (Wildman–Crippen LogP) is 6.14. The van der Waals surface area contributed by atoms with Crippen LogP contribution in [0.3, 0.4) is 0 Å². The topological polar surface area (TPSA) is 91.7 Å². The Kier molecular flexibility index (Phi) is 8.72. The highest BCUT2D eigenvalue weighted by Gasteiger charge is 2.22. The summed E-state index contributed by atoms with van der Waals surface area (Å²) < 4.78 is 19.6. The number of nitrogens with zero attached hydrogens (tertiary/aromatic N) is 4.